The van der Waals surface area contributed by atoms with Crippen LogP contribution in [0.4, 0.5) is 9.59 Å². The maximum atomic E-state index is 12.5. The second-order valence-electron chi connectivity index (χ2n) is 8.44. The van der Waals surface area contributed by atoms with Gasteiger partial charge in [0.2, 0.25) is 0 Å². The standard InChI is InChI=1S/C30H38N2O12/c1-3-26(33)41-21-19-39-17-15-37-13-11-31-29(35)43-25-10-9-23-7-5-6-8-24(23)28(25)44-30(36)32-12-14-38-16-18-40-20-22-42-27(34)4-2/h3-10H,1-2,11-22H2,(H,31,35)(H,32,36). The molecule has 14 heteroatoms. The molecule has 0 bridgehead atoms. The van der Waals surface area contributed by atoms with Crippen LogP contribution in [0.15, 0.2) is 61.7 Å². The largest absolute Gasteiger partial charge is 0.460 e. The van der Waals surface area contributed by atoms with Gasteiger partial charge in [0.15, 0.2) is 11.5 Å². The van der Waals surface area contributed by atoms with Crippen LogP contribution in [0.3, 0.4) is 0 Å². The average Bonchev–Trinajstić information content (AvgIpc) is 3.03. The molecule has 0 fully saturated rings. The first kappa shape index (κ1) is 35.7. The van der Waals surface area contributed by atoms with E-state index in [1.54, 1.807) is 18.2 Å². The molecule has 0 aliphatic carbocycles. The lowest BCUT2D eigenvalue weighted by Gasteiger charge is -2.14. The second kappa shape index (κ2) is 22.1. The predicted octanol–water partition coefficient (Wildman–Crippen LogP) is 2.54. The Hall–Kier alpha value is -4.50. The minimum Gasteiger partial charge on any atom is -0.460 e. The van der Waals surface area contributed by atoms with Crippen LogP contribution in [-0.2, 0) is 38.0 Å². The Kier molecular flexibility index (Phi) is 17.9. The summed E-state index contributed by atoms with van der Waals surface area (Å²) in [6.45, 7) is 9.12. The summed E-state index contributed by atoms with van der Waals surface area (Å²) in [6.07, 6.45) is 0.625. The maximum Gasteiger partial charge on any atom is 0.412 e. The Balaban J connectivity index is 1.69. The monoisotopic (exact) mass is 618 g/mol. The van der Waals surface area contributed by atoms with Crippen LogP contribution >= 0.6 is 0 Å². The number of carbonyl (C=O) groups is 4. The lowest BCUT2D eigenvalue weighted by Crippen LogP contribution is -2.32. The van der Waals surface area contributed by atoms with Crippen molar-refractivity contribution >= 4 is 34.9 Å². The van der Waals surface area contributed by atoms with Gasteiger partial charge < -0.3 is 48.5 Å². The fraction of sp³-hybridized carbons (Fsp3) is 0.400. The van der Waals surface area contributed by atoms with Gasteiger partial charge >= 0.3 is 24.1 Å². The molecule has 0 saturated heterocycles. The summed E-state index contributed by atoms with van der Waals surface area (Å²) in [5.41, 5.74) is 0. The van der Waals surface area contributed by atoms with Crippen molar-refractivity contribution in [3.05, 3.63) is 61.7 Å². The summed E-state index contributed by atoms with van der Waals surface area (Å²) in [7, 11) is 0. The van der Waals surface area contributed by atoms with Gasteiger partial charge in [-0.25, -0.2) is 19.2 Å². The summed E-state index contributed by atoms with van der Waals surface area (Å²) in [5, 5.41) is 6.50. The number of benzene rings is 2. The molecule has 240 valence electrons. The normalized spacial score (nSPS) is 10.5. The topological polar surface area (TPSA) is 166 Å². The van der Waals surface area contributed by atoms with Crippen molar-refractivity contribution in [1.29, 1.82) is 0 Å². The van der Waals surface area contributed by atoms with Gasteiger partial charge in [-0.05, 0) is 11.5 Å². The smallest absolute Gasteiger partial charge is 0.412 e. The van der Waals surface area contributed by atoms with Crippen LogP contribution in [0, 0.1) is 0 Å². The molecule has 0 atom stereocenters. The van der Waals surface area contributed by atoms with Gasteiger partial charge in [0.25, 0.3) is 0 Å². The zero-order chi connectivity index (χ0) is 31.8. The summed E-state index contributed by atoms with van der Waals surface area (Å²) in [4.78, 5) is 46.8. The summed E-state index contributed by atoms with van der Waals surface area (Å²) >= 11 is 0. The number of rotatable bonds is 22. The number of esters is 2. The molecule has 0 saturated carbocycles. The van der Waals surface area contributed by atoms with Crippen molar-refractivity contribution in [2.45, 2.75) is 0 Å². The zero-order valence-corrected chi connectivity index (χ0v) is 24.4. The molecule has 14 nitrogen and oxygen atoms in total. The molecule has 2 amide bonds. The highest BCUT2D eigenvalue weighted by atomic mass is 16.6. The Morgan fingerprint density at radius 2 is 1.07 bits per heavy atom. The first-order valence-corrected chi connectivity index (χ1v) is 13.8. The molecular weight excluding hydrogens is 580 g/mol. The molecule has 0 heterocycles. The maximum absolute atomic E-state index is 12.5. The van der Waals surface area contributed by atoms with Crippen LogP contribution in [-0.4, -0.2) is 103 Å². The molecule has 0 radical (unpaired) electrons. The van der Waals surface area contributed by atoms with Crippen molar-refractivity contribution in [3.8, 4) is 11.5 Å². The SMILES string of the molecule is C=CC(=O)OCCOCCOCCNC(=O)Oc1ccc2ccccc2c1OC(=O)NCCOCCOCCOC(=O)C=C. The van der Waals surface area contributed by atoms with Gasteiger partial charge in [-0.15, -0.1) is 0 Å². The Bertz CT molecular complexity index is 1220. The number of carbonyl (C=O) groups excluding carboxylic acids is 4. The first-order chi connectivity index (χ1) is 21.4. The van der Waals surface area contributed by atoms with E-state index in [-0.39, 0.29) is 90.7 Å². The fourth-order valence-corrected chi connectivity index (χ4v) is 3.29. The highest BCUT2D eigenvalue weighted by molar-refractivity contribution is 5.93. The van der Waals surface area contributed by atoms with E-state index in [9.17, 15) is 19.2 Å². The van der Waals surface area contributed by atoms with Gasteiger partial charge in [-0.3, -0.25) is 0 Å². The third-order valence-corrected chi connectivity index (χ3v) is 5.29. The number of amides is 2. The van der Waals surface area contributed by atoms with Crippen LogP contribution in [0.5, 0.6) is 11.5 Å². The van der Waals surface area contributed by atoms with E-state index in [0.717, 1.165) is 17.5 Å². The molecule has 0 aliphatic rings. The molecule has 2 aromatic carbocycles. The quantitative estimate of drug-likeness (QED) is 0.113. The molecule has 2 N–H and O–H groups in total. The van der Waals surface area contributed by atoms with Crippen LogP contribution in [0.25, 0.3) is 10.8 Å². The van der Waals surface area contributed by atoms with Crippen molar-refractivity contribution in [2.24, 2.45) is 0 Å². The summed E-state index contributed by atoms with van der Waals surface area (Å²) < 4.78 is 41.8. The van der Waals surface area contributed by atoms with Gasteiger partial charge in [0.05, 0.1) is 52.9 Å². The second-order valence-corrected chi connectivity index (χ2v) is 8.44. The molecule has 0 aromatic heterocycles. The van der Waals surface area contributed by atoms with E-state index in [1.807, 2.05) is 12.1 Å². The van der Waals surface area contributed by atoms with Crippen molar-refractivity contribution in [2.75, 3.05) is 79.2 Å². The highest BCUT2D eigenvalue weighted by Gasteiger charge is 2.17. The number of ether oxygens (including phenoxy) is 8. The van der Waals surface area contributed by atoms with Crippen LogP contribution in [0.1, 0.15) is 0 Å². The Morgan fingerprint density at radius 3 is 1.61 bits per heavy atom. The number of nitrogens with one attached hydrogen (secondary N) is 2. The molecule has 0 unspecified atom stereocenters. The first-order valence-electron chi connectivity index (χ1n) is 13.8. The van der Waals surface area contributed by atoms with E-state index >= 15 is 0 Å². The summed E-state index contributed by atoms with van der Waals surface area (Å²) in [5.74, 6) is -0.904. The van der Waals surface area contributed by atoms with E-state index in [1.165, 1.54) is 6.07 Å². The van der Waals surface area contributed by atoms with Crippen LogP contribution < -0.4 is 20.1 Å². The Labute approximate surface area is 255 Å². The summed E-state index contributed by atoms with van der Waals surface area (Å²) in [6, 6.07) is 10.4. The molecule has 0 aliphatic heterocycles. The van der Waals surface area contributed by atoms with Gasteiger partial charge in [-0.2, -0.15) is 0 Å². The van der Waals surface area contributed by atoms with E-state index < -0.39 is 24.1 Å². The van der Waals surface area contributed by atoms with E-state index in [4.69, 9.17) is 37.9 Å². The predicted molar refractivity (Wildman–Crippen MR) is 158 cm³/mol. The van der Waals surface area contributed by atoms with Gasteiger partial charge in [0.1, 0.15) is 13.2 Å². The molecular formula is C30H38N2O12. The number of hydrogen-bond donors (Lipinski definition) is 2. The molecule has 2 aromatic rings. The highest BCUT2D eigenvalue weighted by Crippen LogP contribution is 2.35. The third kappa shape index (κ3) is 15.1. The third-order valence-electron chi connectivity index (χ3n) is 5.29. The van der Waals surface area contributed by atoms with Crippen LogP contribution in [0.2, 0.25) is 0 Å². The Morgan fingerprint density at radius 1 is 0.591 bits per heavy atom. The van der Waals surface area contributed by atoms with Crippen molar-refractivity contribution < 1.29 is 57.1 Å². The van der Waals surface area contributed by atoms with Crippen molar-refractivity contribution in [3.63, 3.8) is 0 Å². The van der Waals surface area contributed by atoms with E-state index in [2.05, 4.69) is 23.8 Å². The van der Waals surface area contributed by atoms with E-state index in [0.29, 0.717) is 5.39 Å². The molecule has 44 heavy (non-hydrogen) atoms. The average molecular weight is 619 g/mol. The molecule has 0 spiro atoms. The van der Waals surface area contributed by atoms with Gasteiger partial charge in [0, 0.05) is 30.6 Å². The molecule has 2 rings (SSSR count). The van der Waals surface area contributed by atoms with Gasteiger partial charge in [-0.1, -0.05) is 43.5 Å². The lowest BCUT2D eigenvalue weighted by molar-refractivity contribution is -0.140. The zero-order valence-electron chi connectivity index (χ0n) is 24.4. The minimum atomic E-state index is -0.760. The number of hydrogen-bond acceptors (Lipinski definition) is 12. The lowest BCUT2D eigenvalue weighted by atomic mass is 10.1. The minimum absolute atomic E-state index is 0.0509. The number of fused-ring (bicyclic) bond motifs is 1. The van der Waals surface area contributed by atoms with Crippen molar-refractivity contribution in [1.82, 2.24) is 10.6 Å². The fourth-order valence-electron chi connectivity index (χ4n) is 3.29.